The molecular formula is C13H19N3O4. The van der Waals surface area contributed by atoms with Crippen LogP contribution in [-0.2, 0) is 20.8 Å². The quantitative estimate of drug-likeness (QED) is 0.752. The second-order valence-electron chi connectivity index (χ2n) is 4.74. The molecule has 1 aliphatic heterocycles. The van der Waals surface area contributed by atoms with Crippen LogP contribution in [0, 0.1) is 5.92 Å². The first-order chi connectivity index (χ1) is 9.61. The average molecular weight is 281 g/mol. The number of nitrogens with one attached hydrogen (secondary N) is 1. The Morgan fingerprint density at radius 2 is 2.35 bits per heavy atom. The van der Waals surface area contributed by atoms with E-state index < -0.39 is 0 Å². The standard InChI is InChI=1S/C13H19N3O4/c1-19-5-4-16-6-9(2-3-12(16)17)15-13(18)10-7-20-8-11(10)14/h2-3,6,10-11H,4-5,7-8,14H2,1H3,(H,15,18). The minimum Gasteiger partial charge on any atom is -0.383 e. The van der Waals surface area contributed by atoms with E-state index in [0.29, 0.717) is 32.1 Å². The highest BCUT2D eigenvalue weighted by molar-refractivity contribution is 5.93. The first-order valence-electron chi connectivity index (χ1n) is 6.45. The fraction of sp³-hybridized carbons (Fsp3) is 0.538. The van der Waals surface area contributed by atoms with Crippen molar-refractivity contribution < 1.29 is 14.3 Å². The summed E-state index contributed by atoms with van der Waals surface area (Å²) < 4.78 is 11.6. The number of nitrogens with zero attached hydrogens (tertiary/aromatic N) is 1. The van der Waals surface area contributed by atoms with Crippen LogP contribution in [0.3, 0.4) is 0 Å². The van der Waals surface area contributed by atoms with Crippen LogP contribution in [0.2, 0.25) is 0 Å². The molecule has 110 valence electrons. The summed E-state index contributed by atoms with van der Waals surface area (Å²) in [6, 6.07) is 2.70. The Balaban J connectivity index is 2.05. The zero-order valence-corrected chi connectivity index (χ0v) is 11.4. The van der Waals surface area contributed by atoms with Crippen LogP contribution in [0.25, 0.3) is 0 Å². The van der Waals surface area contributed by atoms with Gasteiger partial charge in [0.05, 0.1) is 31.4 Å². The number of carbonyl (C=O) groups is 1. The van der Waals surface area contributed by atoms with E-state index in [1.165, 1.54) is 10.6 Å². The zero-order chi connectivity index (χ0) is 14.5. The van der Waals surface area contributed by atoms with Crippen LogP contribution < -0.4 is 16.6 Å². The van der Waals surface area contributed by atoms with Crippen molar-refractivity contribution in [1.29, 1.82) is 0 Å². The van der Waals surface area contributed by atoms with Crippen molar-refractivity contribution in [2.24, 2.45) is 11.7 Å². The molecular weight excluding hydrogens is 262 g/mol. The second kappa shape index (κ2) is 6.65. The van der Waals surface area contributed by atoms with E-state index in [1.54, 1.807) is 19.4 Å². The van der Waals surface area contributed by atoms with Crippen LogP contribution in [-0.4, -0.2) is 43.4 Å². The average Bonchev–Trinajstić information content (AvgIpc) is 2.85. The largest absolute Gasteiger partial charge is 0.383 e. The topological polar surface area (TPSA) is 95.6 Å². The summed E-state index contributed by atoms with van der Waals surface area (Å²) in [5.41, 5.74) is 6.22. The summed E-state index contributed by atoms with van der Waals surface area (Å²) in [6.45, 7) is 1.59. The summed E-state index contributed by atoms with van der Waals surface area (Å²) in [4.78, 5) is 23.7. The highest BCUT2D eigenvalue weighted by atomic mass is 16.5. The van der Waals surface area contributed by atoms with E-state index in [4.69, 9.17) is 15.2 Å². The molecule has 0 radical (unpaired) electrons. The SMILES string of the molecule is COCCn1cc(NC(=O)C2COCC2N)ccc1=O. The third kappa shape index (κ3) is 3.44. The van der Waals surface area contributed by atoms with E-state index in [-0.39, 0.29) is 23.4 Å². The van der Waals surface area contributed by atoms with Crippen LogP contribution in [0.15, 0.2) is 23.1 Å². The lowest BCUT2D eigenvalue weighted by Crippen LogP contribution is -2.37. The highest BCUT2D eigenvalue weighted by Gasteiger charge is 2.31. The normalized spacial score (nSPS) is 21.9. The van der Waals surface area contributed by atoms with Gasteiger partial charge in [0, 0.05) is 32.0 Å². The Hall–Kier alpha value is -1.70. The number of pyridine rings is 1. The minimum atomic E-state index is -0.352. The van der Waals surface area contributed by atoms with Gasteiger partial charge >= 0.3 is 0 Å². The Labute approximate surface area is 116 Å². The lowest BCUT2D eigenvalue weighted by atomic mass is 10.0. The summed E-state index contributed by atoms with van der Waals surface area (Å²) >= 11 is 0. The molecule has 2 rings (SSSR count). The number of anilines is 1. The van der Waals surface area contributed by atoms with Gasteiger partial charge in [-0.1, -0.05) is 0 Å². The Kier molecular flexibility index (Phi) is 4.89. The molecule has 2 atom stereocenters. The summed E-state index contributed by atoms with van der Waals surface area (Å²) in [6.07, 6.45) is 1.60. The third-order valence-electron chi connectivity index (χ3n) is 3.25. The van der Waals surface area contributed by atoms with Crippen molar-refractivity contribution in [3.05, 3.63) is 28.7 Å². The maximum atomic E-state index is 12.1. The predicted octanol–water partition coefficient (Wildman–Crippen LogP) is -0.593. The molecule has 1 aromatic heterocycles. The molecule has 20 heavy (non-hydrogen) atoms. The van der Waals surface area contributed by atoms with Gasteiger partial charge in [-0.05, 0) is 6.07 Å². The summed E-state index contributed by atoms with van der Waals surface area (Å²) in [7, 11) is 1.57. The summed E-state index contributed by atoms with van der Waals surface area (Å²) in [5.74, 6) is -0.540. The predicted molar refractivity (Wildman–Crippen MR) is 73.5 cm³/mol. The fourth-order valence-electron chi connectivity index (χ4n) is 2.05. The van der Waals surface area contributed by atoms with Gasteiger partial charge in [-0.2, -0.15) is 0 Å². The lowest BCUT2D eigenvalue weighted by molar-refractivity contribution is -0.120. The minimum absolute atomic E-state index is 0.138. The first-order valence-corrected chi connectivity index (χ1v) is 6.45. The molecule has 1 fully saturated rings. The second-order valence-corrected chi connectivity index (χ2v) is 4.74. The number of ether oxygens (including phenoxy) is 2. The molecule has 1 amide bonds. The van der Waals surface area contributed by atoms with Gasteiger partial charge in [-0.3, -0.25) is 9.59 Å². The molecule has 7 nitrogen and oxygen atoms in total. The van der Waals surface area contributed by atoms with Gasteiger partial charge in [-0.25, -0.2) is 0 Å². The van der Waals surface area contributed by atoms with Crippen molar-refractivity contribution in [2.45, 2.75) is 12.6 Å². The number of hydrogen-bond donors (Lipinski definition) is 2. The van der Waals surface area contributed by atoms with Gasteiger partial charge in [0.25, 0.3) is 5.56 Å². The molecule has 7 heteroatoms. The van der Waals surface area contributed by atoms with Gasteiger partial charge in [0.15, 0.2) is 0 Å². The molecule has 0 bridgehead atoms. The van der Waals surface area contributed by atoms with Gasteiger partial charge in [0.1, 0.15) is 0 Å². The van der Waals surface area contributed by atoms with Crippen molar-refractivity contribution in [3.63, 3.8) is 0 Å². The van der Waals surface area contributed by atoms with Crippen molar-refractivity contribution >= 4 is 11.6 Å². The van der Waals surface area contributed by atoms with Gasteiger partial charge in [0.2, 0.25) is 5.91 Å². The number of carbonyl (C=O) groups excluding carboxylic acids is 1. The van der Waals surface area contributed by atoms with Crippen LogP contribution in [0.5, 0.6) is 0 Å². The van der Waals surface area contributed by atoms with E-state index >= 15 is 0 Å². The number of aromatic nitrogens is 1. The van der Waals surface area contributed by atoms with E-state index in [1.807, 2.05) is 0 Å². The van der Waals surface area contributed by atoms with Crippen molar-refractivity contribution in [2.75, 3.05) is 32.2 Å². The number of nitrogens with two attached hydrogens (primary N) is 1. The molecule has 0 saturated carbocycles. The molecule has 1 aromatic rings. The zero-order valence-electron chi connectivity index (χ0n) is 11.4. The molecule has 0 aliphatic carbocycles. The number of amides is 1. The van der Waals surface area contributed by atoms with E-state index in [9.17, 15) is 9.59 Å². The van der Waals surface area contributed by atoms with E-state index in [2.05, 4.69) is 5.32 Å². The Morgan fingerprint density at radius 1 is 1.55 bits per heavy atom. The maximum Gasteiger partial charge on any atom is 0.250 e. The summed E-state index contributed by atoms with van der Waals surface area (Å²) in [5, 5.41) is 2.76. The number of rotatable bonds is 5. The third-order valence-corrected chi connectivity index (χ3v) is 3.25. The highest BCUT2D eigenvalue weighted by Crippen LogP contribution is 2.14. The smallest absolute Gasteiger partial charge is 0.250 e. The van der Waals surface area contributed by atoms with Crippen LogP contribution >= 0.6 is 0 Å². The van der Waals surface area contributed by atoms with Crippen LogP contribution in [0.1, 0.15) is 0 Å². The van der Waals surface area contributed by atoms with Gasteiger partial charge in [-0.15, -0.1) is 0 Å². The maximum absolute atomic E-state index is 12.1. The lowest BCUT2D eigenvalue weighted by Gasteiger charge is -2.14. The Morgan fingerprint density at radius 3 is 3.00 bits per heavy atom. The molecule has 1 aliphatic rings. The molecule has 0 aromatic carbocycles. The molecule has 2 heterocycles. The fourth-order valence-corrected chi connectivity index (χ4v) is 2.05. The molecule has 3 N–H and O–H groups in total. The van der Waals surface area contributed by atoms with Crippen LogP contribution in [0.4, 0.5) is 5.69 Å². The van der Waals surface area contributed by atoms with Crippen molar-refractivity contribution in [3.8, 4) is 0 Å². The van der Waals surface area contributed by atoms with Gasteiger partial charge < -0.3 is 25.1 Å². The number of methoxy groups -OCH3 is 1. The molecule has 2 unspecified atom stereocenters. The Bertz CT molecular complexity index is 529. The molecule has 1 saturated heterocycles. The monoisotopic (exact) mass is 281 g/mol. The first kappa shape index (κ1) is 14.7. The van der Waals surface area contributed by atoms with E-state index in [0.717, 1.165) is 0 Å². The molecule has 0 spiro atoms. The van der Waals surface area contributed by atoms with Crippen molar-refractivity contribution in [1.82, 2.24) is 4.57 Å². The number of hydrogen-bond acceptors (Lipinski definition) is 5.